The van der Waals surface area contributed by atoms with Crippen LogP contribution in [0.3, 0.4) is 0 Å². The van der Waals surface area contributed by atoms with Crippen LogP contribution < -0.4 is 0 Å². The molecule has 1 unspecified atom stereocenters. The van der Waals surface area contributed by atoms with E-state index in [1.54, 1.807) is 19.1 Å². The summed E-state index contributed by atoms with van der Waals surface area (Å²) < 4.78 is 9.90. The molecule has 0 bridgehead atoms. The van der Waals surface area contributed by atoms with Crippen molar-refractivity contribution in [2.45, 2.75) is 20.3 Å². The van der Waals surface area contributed by atoms with Crippen molar-refractivity contribution < 1.29 is 18.7 Å². The minimum Gasteiger partial charge on any atom is -0.469 e. The third-order valence-corrected chi connectivity index (χ3v) is 2.05. The second kappa shape index (κ2) is 5.34. The summed E-state index contributed by atoms with van der Waals surface area (Å²) in [5.74, 6) is -0.828. The highest BCUT2D eigenvalue weighted by Crippen LogP contribution is 2.12. The van der Waals surface area contributed by atoms with E-state index in [9.17, 15) is 9.59 Å². The predicted octanol–water partition coefficient (Wildman–Crippen LogP) is 1.59. The van der Waals surface area contributed by atoms with E-state index in [0.717, 1.165) is 0 Å². The fourth-order valence-corrected chi connectivity index (χ4v) is 1.27. The lowest BCUT2D eigenvalue weighted by Crippen LogP contribution is -2.26. The van der Waals surface area contributed by atoms with Crippen LogP contribution in [0.5, 0.6) is 0 Å². The van der Waals surface area contributed by atoms with Gasteiger partial charge in [0.05, 0.1) is 12.9 Å². The van der Waals surface area contributed by atoms with Crippen molar-refractivity contribution in [2.75, 3.05) is 6.61 Å². The van der Waals surface area contributed by atoms with E-state index in [1.165, 1.54) is 13.2 Å². The second-order valence-electron chi connectivity index (χ2n) is 3.20. The molecular weight excluding hydrogens is 196 g/mol. The van der Waals surface area contributed by atoms with Crippen LogP contribution >= 0.6 is 0 Å². The van der Waals surface area contributed by atoms with E-state index in [2.05, 4.69) is 0 Å². The lowest BCUT2D eigenvalue weighted by molar-refractivity contribution is -0.151. The van der Waals surface area contributed by atoms with Gasteiger partial charge in [0.25, 0.3) is 0 Å². The molecule has 0 amide bonds. The Hall–Kier alpha value is -1.58. The highest BCUT2D eigenvalue weighted by molar-refractivity contribution is 5.97. The van der Waals surface area contributed by atoms with Crippen molar-refractivity contribution in [3.63, 3.8) is 0 Å². The number of Topliss-reactive ketones (excluding diaryl/α,β-unsaturated/α-hetero) is 1. The molecule has 1 rings (SSSR count). The summed E-state index contributed by atoms with van der Waals surface area (Å²) in [6.45, 7) is 3.37. The molecule has 0 aliphatic rings. The summed E-state index contributed by atoms with van der Waals surface area (Å²) in [5.41, 5.74) is 0. The maximum absolute atomic E-state index is 11.4. The van der Waals surface area contributed by atoms with Gasteiger partial charge in [-0.15, -0.1) is 0 Å². The number of ether oxygens (including phenoxy) is 1. The van der Waals surface area contributed by atoms with Crippen LogP contribution in [0.2, 0.25) is 0 Å². The summed E-state index contributed by atoms with van der Waals surface area (Å²) in [5, 5.41) is 0. The third-order valence-electron chi connectivity index (χ3n) is 2.05. The van der Waals surface area contributed by atoms with Crippen molar-refractivity contribution in [1.29, 1.82) is 0 Å². The van der Waals surface area contributed by atoms with E-state index in [4.69, 9.17) is 9.15 Å². The first kappa shape index (κ1) is 11.5. The van der Waals surface area contributed by atoms with Gasteiger partial charge in [-0.05, 0) is 26.0 Å². The molecular formula is C11H14O4. The number of hydrogen-bond donors (Lipinski definition) is 0. The van der Waals surface area contributed by atoms with E-state index in [-0.39, 0.29) is 18.8 Å². The summed E-state index contributed by atoms with van der Waals surface area (Å²) in [6, 6.07) is 3.45. The van der Waals surface area contributed by atoms with E-state index < -0.39 is 11.9 Å². The van der Waals surface area contributed by atoms with Crippen LogP contribution in [0.1, 0.15) is 19.6 Å². The Morgan fingerprint density at radius 2 is 2.27 bits per heavy atom. The van der Waals surface area contributed by atoms with Crippen LogP contribution in [0, 0.1) is 5.92 Å². The van der Waals surface area contributed by atoms with Gasteiger partial charge >= 0.3 is 5.97 Å². The smallest absolute Gasteiger partial charge is 0.316 e. The number of ketones is 1. The SMILES string of the molecule is CCOC(=O)C(Cc1ccco1)C(C)=O. The molecule has 4 nitrogen and oxygen atoms in total. The molecule has 1 heterocycles. The molecule has 0 aromatic carbocycles. The van der Waals surface area contributed by atoms with Crippen molar-refractivity contribution in [1.82, 2.24) is 0 Å². The molecule has 82 valence electrons. The van der Waals surface area contributed by atoms with Crippen LogP contribution in [0.15, 0.2) is 22.8 Å². The summed E-state index contributed by atoms with van der Waals surface area (Å²) in [4.78, 5) is 22.7. The topological polar surface area (TPSA) is 56.5 Å². The molecule has 1 atom stereocenters. The van der Waals surface area contributed by atoms with Gasteiger partial charge in [0.15, 0.2) is 0 Å². The normalized spacial score (nSPS) is 12.1. The molecule has 0 fully saturated rings. The number of furan rings is 1. The molecule has 0 saturated heterocycles. The standard InChI is InChI=1S/C11H14O4/c1-3-14-11(13)10(8(2)12)7-9-5-4-6-15-9/h4-6,10H,3,7H2,1-2H3. The molecule has 0 aliphatic heterocycles. The van der Waals surface area contributed by atoms with Gasteiger partial charge in [-0.25, -0.2) is 0 Å². The van der Waals surface area contributed by atoms with Gasteiger partial charge in [-0.2, -0.15) is 0 Å². The lowest BCUT2D eigenvalue weighted by atomic mass is 10.00. The van der Waals surface area contributed by atoms with Gasteiger partial charge < -0.3 is 9.15 Å². The van der Waals surface area contributed by atoms with Gasteiger partial charge in [0.1, 0.15) is 17.5 Å². The highest BCUT2D eigenvalue weighted by Gasteiger charge is 2.25. The number of hydrogen-bond acceptors (Lipinski definition) is 4. The number of carbonyl (C=O) groups excluding carboxylic acids is 2. The Morgan fingerprint density at radius 1 is 1.53 bits per heavy atom. The van der Waals surface area contributed by atoms with Crippen molar-refractivity contribution in [2.24, 2.45) is 5.92 Å². The molecule has 0 saturated carbocycles. The Morgan fingerprint density at radius 3 is 2.73 bits per heavy atom. The maximum Gasteiger partial charge on any atom is 0.316 e. The monoisotopic (exact) mass is 210 g/mol. The average molecular weight is 210 g/mol. The second-order valence-corrected chi connectivity index (χ2v) is 3.20. The number of esters is 1. The lowest BCUT2D eigenvalue weighted by Gasteiger charge is -2.10. The Kier molecular flexibility index (Phi) is 4.09. The van der Waals surface area contributed by atoms with E-state index >= 15 is 0 Å². The zero-order chi connectivity index (χ0) is 11.3. The number of rotatable bonds is 5. The Balaban J connectivity index is 2.66. The zero-order valence-electron chi connectivity index (χ0n) is 8.86. The molecule has 4 heteroatoms. The molecule has 15 heavy (non-hydrogen) atoms. The summed E-state index contributed by atoms with van der Waals surface area (Å²) in [7, 11) is 0. The first-order valence-corrected chi connectivity index (χ1v) is 4.84. The summed E-state index contributed by atoms with van der Waals surface area (Å²) >= 11 is 0. The fraction of sp³-hybridized carbons (Fsp3) is 0.455. The van der Waals surface area contributed by atoms with E-state index in [1.807, 2.05) is 0 Å². The minimum atomic E-state index is -0.754. The van der Waals surface area contributed by atoms with Crippen LogP contribution in [-0.2, 0) is 20.7 Å². The van der Waals surface area contributed by atoms with Crippen molar-refractivity contribution in [3.05, 3.63) is 24.2 Å². The molecule has 1 aromatic rings. The quantitative estimate of drug-likeness (QED) is 0.547. The first-order valence-electron chi connectivity index (χ1n) is 4.84. The van der Waals surface area contributed by atoms with Gasteiger partial charge in [-0.3, -0.25) is 9.59 Å². The van der Waals surface area contributed by atoms with Crippen LogP contribution in [0.25, 0.3) is 0 Å². The molecule has 0 N–H and O–H groups in total. The average Bonchev–Trinajstić information content (AvgIpc) is 2.66. The van der Waals surface area contributed by atoms with Gasteiger partial charge in [-0.1, -0.05) is 0 Å². The zero-order valence-corrected chi connectivity index (χ0v) is 8.86. The maximum atomic E-state index is 11.4. The van der Waals surface area contributed by atoms with Crippen molar-refractivity contribution >= 4 is 11.8 Å². The predicted molar refractivity (Wildman–Crippen MR) is 53.2 cm³/mol. The Bertz CT molecular complexity index is 326. The van der Waals surface area contributed by atoms with Crippen molar-refractivity contribution in [3.8, 4) is 0 Å². The molecule has 1 aromatic heterocycles. The van der Waals surface area contributed by atoms with Gasteiger partial charge in [0.2, 0.25) is 0 Å². The minimum absolute atomic E-state index is 0.204. The van der Waals surface area contributed by atoms with Crippen LogP contribution in [0.4, 0.5) is 0 Å². The highest BCUT2D eigenvalue weighted by atomic mass is 16.5. The molecule has 0 radical (unpaired) electrons. The first-order chi connectivity index (χ1) is 7.15. The number of carbonyl (C=O) groups is 2. The molecule has 0 spiro atoms. The largest absolute Gasteiger partial charge is 0.469 e. The van der Waals surface area contributed by atoms with E-state index in [0.29, 0.717) is 5.76 Å². The van der Waals surface area contributed by atoms with Gasteiger partial charge in [0, 0.05) is 6.42 Å². The Labute approximate surface area is 88.2 Å². The van der Waals surface area contributed by atoms with Crippen LogP contribution in [-0.4, -0.2) is 18.4 Å². The fourth-order valence-electron chi connectivity index (χ4n) is 1.27. The summed E-state index contributed by atoms with van der Waals surface area (Å²) in [6.07, 6.45) is 1.78. The third kappa shape index (κ3) is 3.23. The molecule has 0 aliphatic carbocycles.